The van der Waals surface area contributed by atoms with Crippen LogP contribution in [0.1, 0.15) is 52.9 Å². The zero-order valence-corrected chi connectivity index (χ0v) is 18.7. The Hall–Kier alpha value is -1.83. The molecular formula is C19H23F5O8S. The van der Waals surface area contributed by atoms with Gasteiger partial charge in [0.15, 0.2) is 11.4 Å². The molecule has 14 heteroatoms. The first-order valence-corrected chi connectivity index (χ1v) is 11.5. The van der Waals surface area contributed by atoms with E-state index in [1.807, 2.05) is 0 Å². The van der Waals surface area contributed by atoms with Gasteiger partial charge >= 0.3 is 33.5 Å². The molecule has 0 aromatic heterocycles. The van der Waals surface area contributed by atoms with Crippen LogP contribution in [0.15, 0.2) is 0 Å². The van der Waals surface area contributed by atoms with E-state index in [9.17, 15) is 44.8 Å². The molecule has 0 radical (unpaired) electrons. The molecule has 188 valence electrons. The van der Waals surface area contributed by atoms with Crippen LogP contribution in [0.5, 0.6) is 0 Å². The van der Waals surface area contributed by atoms with Crippen LogP contribution in [0.3, 0.4) is 0 Å². The summed E-state index contributed by atoms with van der Waals surface area (Å²) in [6.45, 7) is 4.53. The summed E-state index contributed by atoms with van der Waals surface area (Å²) in [6, 6.07) is 0. The molecule has 4 aliphatic rings. The van der Waals surface area contributed by atoms with E-state index in [0.717, 1.165) is 0 Å². The van der Waals surface area contributed by atoms with E-state index in [2.05, 4.69) is 4.74 Å². The summed E-state index contributed by atoms with van der Waals surface area (Å²) in [6.07, 6.45) is -11.2. The molecule has 4 aliphatic carbocycles. The first kappa shape index (κ1) is 25.8. The van der Waals surface area contributed by atoms with Gasteiger partial charge in [-0.25, -0.2) is 0 Å². The maximum Gasteiger partial charge on any atom is 0.432 e. The summed E-state index contributed by atoms with van der Waals surface area (Å²) >= 11 is 0. The zero-order chi connectivity index (χ0) is 25.4. The molecule has 1 N–H and O–H groups in total. The van der Waals surface area contributed by atoms with Crippen molar-refractivity contribution in [3.63, 3.8) is 0 Å². The third-order valence-electron chi connectivity index (χ3n) is 6.50. The summed E-state index contributed by atoms with van der Waals surface area (Å²) in [5.74, 6) is -4.35. The summed E-state index contributed by atoms with van der Waals surface area (Å²) in [5, 5.41) is -5.87. The SMILES string of the molecule is CC(C)(C)C(=O)OC12CC3CC(CC(C(=O)OC(C(F)(F)F)C(F)(F)S(=O)(=O)O)(C3)C1)C2=O. The Bertz CT molecular complexity index is 985. The van der Waals surface area contributed by atoms with E-state index >= 15 is 0 Å². The molecule has 0 aliphatic heterocycles. The van der Waals surface area contributed by atoms with Gasteiger partial charge < -0.3 is 9.47 Å². The Morgan fingerprint density at radius 2 is 1.67 bits per heavy atom. The zero-order valence-electron chi connectivity index (χ0n) is 17.9. The summed E-state index contributed by atoms with van der Waals surface area (Å²) < 4.78 is 108. The second kappa shape index (κ2) is 7.33. The van der Waals surface area contributed by atoms with Gasteiger partial charge in [0.2, 0.25) is 0 Å². The minimum absolute atomic E-state index is 0.0308. The lowest BCUT2D eigenvalue weighted by Crippen LogP contribution is -2.66. The van der Waals surface area contributed by atoms with E-state index in [1.54, 1.807) is 0 Å². The number of ketones is 1. The molecule has 8 nitrogen and oxygen atoms in total. The Morgan fingerprint density at radius 3 is 2.15 bits per heavy atom. The van der Waals surface area contributed by atoms with Gasteiger partial charge in [0.25, 0.3) is 6.10 Å². The van der Waals surface area contributed by atoms with Gasteiger partial charge in [-0.3, -0.25) is 18.9 Å². The van der Waals surface area contributed by atoms with Gasteiger partial charge in [0.05, 0.1) is 10.8 Å². The highest BCUT2D eigenvalue weighted by Crippen LogP contribution is 2.62. The number of esters is 2. The highest BCUT2D eigenvalue weighted by atomic mass is 32.2. The number of rotatable bonds is 5. The average molecular weight is 506 g/mol. The van der Waals surface area contributed by atoms with E-state index in [-0.39, 0.29) is 25.7 Å². The number of Topliss-reactive ketones (excluding diaryl/α,β-unsaturated/α-hetero) is 1. The number of carbonyl (C=O) groups excluding carboxylic acids is 3. The summed E-state index contributed by atoms with van der Waals surface area (Å²) in [4.78, 5) is 38.3. The average Bonchev–Trinajstić information content (AvgIpc) is 2.60. The molecule has 33 heavy (non-hydrogen) atoms. The topological polar surface area (TPSA) is 124 Å². The first-order valence-electron chi connectivity index (χ1n) is 10.1. The summed E-state index contributed by atoms with van der Waals surface area (Å²) in [5.41, 5.74) is -4.72. The number of ether oxygens (including phenoxy) is 2. The molecule has 0 amide bonds. The van der Waals surface area contributed by atoms with Crippen molar-refractivity contribution in [2.45, 2.75) is 76.0 Å². The maximum atomic E-state index is 13.9. The van der Waals surface area contributed by atoms with E-state index in [1.165, 1.54) is 20.8 Å². The number of hydrogen-bond acceptors (Lipinski definition) is 7. The van der Waals surface area contributed by atoms with Gasteiger partial charge in [-0.2, -0.15) is 30.4 Å². The molecule has 4 fully saturated rings. The molecule has 4 rings (SSSR count). The van der Waals surface area contributed by atoms with E-state index in [0.29, 0.717) is 0 Å². The Balaban J connectivity index is 1.96. The second-order valence-corrected chi connectivity index (χ2v) is 11.7. The predicted molar refractivity (Wildman–Crippen MR) is 98.2 cm³/mol. The van der Waals surface area contributed by atoms with Crippen LogP contribution in [0.25, 0.3) is 0 Å². The maximum absolute atomic E-state index is 13.9. The van der Waals surface area contributed by atoms with E-state index in [4.69, 9.17) is 9.29 Å². The van der Waals surface area contributed by atoms with Crippen molar-refractivity contribution in [3.8, 4) is 0 Å². The monoisotopic (exact) mass is 506 g/mol. The number of halogens is 5. The molecule has 0 spiro atoms. The van der Waals surface area contributed by atoms with Gasteiger partial charge in [0, 0.05) is 12.3 Å². The fraction of sp³-hybridized carbons (Fsp3) is 0.842. The van der Waals surface area contributed by atoms with Crippen molar-refractivity contribution in [1.82, 2.24) is 0 Å². The smallest absolute Gasteiger partial charge is 0.432 e. The third-order valence-corrected chi connectivity index (χ3v) is 7.40. The Morgan fingerprint density at radius 1 is 1.09 bits per heavy atom. The molecule has 4 saturated carbocycles. The standard InChI is InChI=1S/C19H23F5O8S/c1-15(2,3)13(26)32-17-6-9-4-10(11(17)25)7-16(5-9,8-17)14(27)31-12(18(20,21)22)19(23,24)33(28,29)30/h9-10,12H,4-8H2,1-3H3,(H,28,29,30). The lowest BCUT2D eigenvalue weighted by atomic mass is 9.47. The first-order chi connectivity index (χ1) is 14.6. The molecule has 0 heterocycles. The Kier molecular flexibility index (Phi) is 5.73. The molecule has 0 aromatic carbocycles. The second-order valence-electron chi connectivity index (χ2n) is 10.2. The quantitative estimate of drug-likeness (QED) is 0.343. The molecule has 5 unspecified atom stereocenters. The fourth-order valence-corrected chi connectivity index (χ4v) is 5.66. The van der Waals surface area contributed by atoms with Crippen molar-refractivity contribution in [1.29, 1.82) is 0 Å². The molecule has 5 atom stereocenters. The van der Waals surface area contributed by atoms with Crippen LogP contribution in [-0.4, -0.2) is 53.8 Å². The summed E-state index contributed by atoms with van der Waals surface area (Å²) in [7, 11) is -6.59. The largest absolute Gasteiger partial charge is 0.451 e. The van der Waals surface area contributed by atoms with Crippen LogP contribution >= 0.6 is 0 Å². The van der Waals surface area contributed by atoms with Gasteiger partial charge in [-0.05, 0) is 52.4 Å². The number of carbonyl (C=O) groups is 3. The highest BCUT2D eigenvalue weighted by molar-refractivity contribution is 7.86. The third kappa shape index (κ3) is 4.24. The van der Waals surface area contributed by atoms with Gasteiger partial charge in [0.1, 0.15) is 0 Å². The molecular weight excluding hydrogens is 483 g/mol. The van der Waals surface area contributed by atoms with Crippen molar-refractivity contribution >= 4 is 27.8 Å². The number of alkyl halides is 5. The van der Waals surface area contributed by atoms with Crippen molar-refractivity contribution in [3.05, 3.63) is 0 Å². The normalized spacial score (nSPS) is 33.1. The van der Waals surface area contributed by atoms with Gasteiger partial charge in [-0.15, -0.1) is 0 Å². The minimum atomic E-state index is -6.59. The van der Waals surface area contributed by atoms with Crippen molar-refractivity contribution in [2.24, 2.45) is 22.7 Å². The van der Waals surface area contributed by atoms with Crippen LogP contribution in [0, 0.1) is 22.7 Å². The minimum Gasteiger partial charge on any atom is -0.451 e. The lowest BCUT2D eigenvalue weighted by Gasteiger charge is -2.58. The lowest BCUT2D eigenvalue weighted by molar-refractivity contribution is -0.268. The molecule has 0 saturated heterocycles. The molecule has 0 aromatic rings. The van der Waals surface area contributed by atoms with Crippen LogP contribution in [-0.2, 0) is 34.0 Å². The van der Waals surface area contributed by atoms with Crippen molar-refractivity contribution < 1.29 is 58.8 Å². The van der Waals surface area contributed by atoms with Crippen LogP contribution in [0.4, 0.5) is 22.0 Å². The molecule has 4 bridgehead atoms. The Labute approximate surface area is 185 Å². The van der Waals surface area contributed by atoms with Crippen LogP contribution < -0.4 is 0 Å². The highest BCUT2D eigenvalue weighted by Gasteiger charge is 2.71. The fourth-order valence-electron chi connectivity index (χ4n) is 5.21. The van der Waals surface area contributed by atoms with Gasteiger partial charge in [-0.1, -0.05) is 0 Å². The predicted octanol–water partition coefficient (Wildman–Crippen LogP) is 3.05. The number of hydrogen-bond donors (Lipinski definition) is 1. The van der Waals surface area contributed by atoms with E-state index < -0.39 is 80.1 Å². The van der Waals surface area contributed by atoms with Crippen molar-refractivity contribution in [2.75, 3.05) is 0 Å². The van der Waals surface area contributed by atoms with Crippen LogP contribution in [0.2, 0.25) is 0 Å².